The van der Waals surface area contributed by atoms with Crippen LogP contribution in [0.2, 0.25) is 0 Å². The molecule has 16 aromatic carbocycles. The summed E-state index contributed by atoms with van der Waals surface area (Å²) in [6.45, 7) is 0. The fourth-order valence-electron chi connectivity index (χ4n) is 14.4. The van der Waals surface area contributed by atoms with E-state index in [9.17, 15) is 0 Å². The molecule has 6 nitrogen and oxygen atoms in total. The minimum atomic E-state index is 0. The normalized spacial score (nSPS) is 11.3. The SMILES string of the molecule is Brc1ccc2c3ccccc3n(-c3ccccc3)c2c1.C.C.c1ccc(-n2c3ccccc3c3ccc(N(c4ccc(-c5ccc6oc7ccccc7c6c5)cc4)c4cccc5ccccc45)cc32)cc1.c1ccc2c(Nc3ccc(-c4ccc5oc6ccccc6c5c4)cc3)cccc2c1. The lowest BCUT2D eigenvalue weighted by molar-refractivity contribution is 0.668. The summed E-state index contributed by atoms with van der Waals surface area (Å²) in [5.41, 5.74) is 21.1. The second-order valence-electron chi connectivity index (χ2n) is 25.0. The van der Waals surface area contributed by atoms with Crippen molar-refractivity contribution in [1.82, 2.24) is 9.13 Å². The third-order valence-electron chi connectivity index (χ3n) is 19.1. The first-order chi connectivity index (χ1) is 49.0. The van der Waals surface area contributed by atoms with Gasteiger partial charge < -0.3 is 28.2 Å². The van der Waals surface area contributed by atoms with Crippen LogP contribution in [0.5, 0.6) is 0 Å². The monoisotopic (exact) mass is 1360 g/mol. The Labute approximate surface area is 594 Å². The summed E-state index contributed by atoms with van der Waals surface area (Å²) in [4.78, 5) is 2.39. The highest BCUT2D eigenvalue weighted by atomic mass is 79.9. The van der Waals surface area contributed by atoms with Gasteiger partial charge in [0.2, 0.25) is 0 Å². The quantitative estimate of drug-likeness (QED) is 0.156. The Morgan fingerprint density at radius 2 is 0.673 bits per heavy atom. The van der Waals surface area contributed by atoms with Crippen molar-refractivity contribution >= 4 is 153 Å². The molecule has 4 heterocycles. The minimum Gasteiger partial charge on any atom is -0.456 e. The number of aromatic nitrogens is 2. The molecule has 0 amide bonds. The van der Waals surface area contributed by atoms with Crippen molar-refractivity contribution < 1.29 is 8.83 Å². The van der Waals surface area contributed by atoms with Crippen molar-refractivity contribution in [2.45, 2.75) is 14.9 Å². The predicted molar refractivity (Wildman–Crippen MR) is 434 cm³/mol. The van der Waals surface area contributed by atoms with Crippen LogP contribution >= 0.6 is 15.9 Å². The third kappa shape index (κ3) is 11.7. The highest BCUT2D eigenvalue weighted by Gasteiger charge is 2.21. The van der Waals surface area contributed by atoms with E-state index in [0.717, 1.165) is 93.6 Å². The number of fused-ring (bicyclic) bond motifs is 14. The van der Waals surface area contributed by atoms with Gasteiger partial charge in [-0.15, -0.1) is 0 Å². The van der Waals surface area contributed by atoms with E-state index in [0.29, 0.717) is 0 Å². The number of para-hydroxylation sites is 6. The molecule has 0 aliphatic heterocycles. The summed E-state index contributed by atoms with van der Waals surface area (Å²) in [5.74, 6) is 0. The summed E-state index contributed by atoms with van der Waals surface area (Å²) < 4.78 is 17.9. The lowest BCUT2D eigenvalue weighted by atomic mass is 10.0. The highest BCUT2D eigenvalue weighted by Crippen LogP contribution is 2.44. The van der Waals surface area contributed by atoms with Crippen LogP contribution < -0.4 is 10.2 Å². The molecule has 20 rings (SSSR count). The molecule has 0 atom stereocenters. The lowest BCUT2D eigenvalue weighted by Crippen LogP contribution is -2.10. The zero-order valence-electron chi connectivity index (χ0n) is 53.7. The molecule has 4 aromatic heterocycles. The standard InChI is InChI=1S/C46H30N2O.C28H19NO.C18H12BrN.2CH4/c1-2-13-34(14-3-1)48-43-18-8-6-16-38(43)39-27-26-36(30-44(39)48)47(42-19-10-12-32-11-4-5-15-37(32)42)35-24-21-31(22-25-35)33-23-28-46-41(29-33)40-17-7-9-20-45(40)49-46;1-2-8-23-20(6-1)7-5-10-26(23)29-22-15-12-19(13-16-22)21-14-17-28-25(18-21)24-9-3-4-11-27(24)30-28;19-13-10-11-16-15-8-4-5-9-17(15)20(18(16)12-13)14-6-2-1-3-7-14;;/h1-30H;1-18,29H;1-12H;2*1H4. The van der Waals surface area contributed by atoms with Crippen molar-refractivity contribution in [2.24, 2.45) is 0 Å². The molecule has 101 heavy (non-hydrogen) atoms. The first-order valence-corrected chi connectivity index (χ1v) is 34.2. The molecule has 0 fully saturated rings. The van der Waals surface area contributed by atoms with Gasteiger partial charge in [-0.05, 0) is 166 Å². The summed E-state index contributed by atoms with van der Waals surface area (Å²) in [5, 5.41) is 18.1. The number of rotatable bonds is 9. The fraction of sp³-hybridized carbons (Fsp3) is 0.0213. The van der Waals surface area contributed by atoms with Gasteiger partial charge >= 0.3 is 0 Å². The van der Waals surface area contributed by atoms with Gasteiger partial charge in [0.15, 0.2) is 0 Å². The summed E-state index contributed by atoms with van der Waals surface area (Å²) >= 11 is 3.58. The predicted octanol–water partition coefficient (Wildman–Crippen LogP) is 27.9. The van der Waals surface area contributed by atoms with Crippen molar-refractivity contribution in [3.05, 3.63) is 368 Å². The zero-order valence-corrected chi connectivity index (χ0v) is 55.3. The van der Waals surface area contributed by atoms with Crippen LogP contribution in [0.3, 0.4) is 0 Å². The maximum atomic E-state index is 6.10. The Balaban J connectivity index is 0.000000129. The van der Waals surface area contributed by atoms with Gasteiger partial charge in [0.05, 0.1) is 27.8 Å². The van der Waals surface area contributed by atoms with E-state index in [1.54, 1.807) is 0 Å². The van der Waals surface area contributed by atoms with Crippen LogP contribution in [-0.2, 0) is 0 Å². The van der Waals surface area contributed by atoms with E-state index < -0.39 is 0 Å². The molecule has 484 valence electrons. The number of halogens is 1. The summed E-state index contributed by atoms with van der Waals surface area (Å²) in [6.07, 6.45) is 0. The number of hydrogen-bond donors (Lipinski definition) is 1. The van der Waals surface area contributed by atoms with Crippen LogP contribution in [0.25, 0.3) is 143 Å². The molecule has 0 saturated heterocycles. The molecule has 1 N–H and O–H groups in total. The maximum Gasteiger partial charge on any atom is 0.135 e. The Hall–Kier alpha value is -12.7. The third-order valence-corrected chi connectivity index (χ3v) is 19.6. The Bertz CT molecular complexity index is 6400. The Kier molecular flexibility index (Phi) is 16.8. The van der Waals surface area contributed by atoms with Gasteiger partial charge in [-0.1, -0.05) is 261 Å². The topological polar surface area (TPSA) is 51.4 Å². The van der Waals surface area contributed by atoms with Crippen molar-refractivity contribution in [1.29, 1.82) is 0 Å². The molecule has 0 aliphatic rings. The summed E-state index contributed by atoms with van der Waals surface area (Å²) in [7, 11) is 0. The molecule has 7 heteroatoms. The Morgan fingerprint density at radius 3 is 1.25 bits per heavy atom. The van der Waals surface area contributed by atoms with E-state index in [1.165, 1.54) is 82.0 Å². The van der Waals surface area contributed by atoms with Gasteiger partial charge in [0, 0.05) is 92.5 Å². The largest absolute Gasteiger partial charge is 0.456 e. The molecular weight excluding hydrogens is 1300 g/mol. The van der Waals surface area contributed by atoms with Gasteiger partial charge in [-0.2, -0.15) is 0 Å². The molecule has 0 aliphatic carbocycles. The lowest BCUT2D eigenvalue weighted by Gasteiger charge is -2.27. The van der Waals surface area contributed by atoms with E-state index in [4.69, 9.17) is 8.83 Å². The molecule has 0 radical (unpaired) electrons. The average Bonchev–Trinajstić information content (AvgIpc) is 1.64. The first kappa shape index (κ1) is 63.1. The molecular formula is C94H69BrN4O2. The molecule has 0 unspecified atom stereocenters. The summed E-state index contributed by atoms with van der Waals surface area (Å²) in [6, 6.07) is 129. The number of nitrogens with zero attached hydrogens (tertiary/aromatic N) is 3. The second-order valence-corrected chi connectivity index (χ2v) is 25.9. The van der Waals surface area contributed by atoms with Gasteiger partial charge in [0.1, 0.15) is 22.3 Å². The first-order valence-electron chi connectivity index (χ1n) is 33.4. The van der Waals surface area contributed by atoms with Crippen LogP contribution in [0.4, 0.5) is 28.4 Å². The van der Waals surface area contributed by atoms with Crippen molar-refractivity contribution in [3.8, 4) is 33.6 Å². The second kappa shape index (κ2) is 27.0. The van der Waals surface area contributed by atoms with Crippen LogP contribution in [-0.4, -0.2) is 9.13 Å². The maximum absolute atomic E-state index is 6.10. The molecule has 0 saturated carbocycles. The number of hydrogen-bond acceptors (Lipinski definition) is 4. The fourth-order valence-corrected chi connectivity index (χ4v) is 14.8. The van der Waals surface area contributed by atoms with Crippen LogP contribution in [0, 0.1) is 0 Å². The van der Waals surface area contributed by atoms with Crippen LogP contribution in [0.15, 0.2) is 377 Å². The van der Waals surface area contributed by atoms with E-state index in [1.807, 2.05) is 30.3 Å². The van der Waals surface area contributed by atoms with Gasteiger partial charge in [-0.25, -0.2) is 0 Å². The number of nitrogens with one attached hydrogen (secondary N) is 1. The highest BCUT2D eigenvalue weighted by molar-refractivity contribution is 9.10. The van der Waals surface area contributed by atoms with Crippen molar-refractivity contribution in [3.63, 3.8) is 0 Å². The molecule has 0 bridgehead atoms. The Morgan fingerprint density at radius 1 is 0.267 bits per heavy atom. The smallest absolute Gasteiger partial charge is 0.135 e. The van der Waals surface area contributed by atoms with E-state index in [2.05, 4.69) is 369 Å². The average molecular weight is 1370 g/mol. The van der Waals surface area contributed by atoms with E-state index >= 15 is 0 Å². The number of anilines is 5. The van der Waals surface area contributed by atoms with Crippen LogP contribution in [0.1, 0.15) is 14.9 Å². The molecule has 20 aromatic rings. The van der Waals surface area contributed by atoms with Gasteiger partial charge in [-0.3, -0.25) is 0 Å². The van der Waals surface area contributed by atoms with Crippen molar-refractivity contribution in [2.75, 3.05) is 10.2 Å². The number of furan rings is 2. The van der Waals surface area contributed by atoms with Gasteiger partial charge in [0.25, 0.3) is 0 Å². The zero-order chi connectivity index (χ0) is 65.8. The minimum absolute atomic E-state index is 0. The molecule has 0 spiro atoms. The number of benzene rings is 16. The van der Waals surface area contributed by atoms with E-state index in [-0.39, 0.29) is 14.9 Å².